The molecular weight excluding hydrogens is 470 g/mol. The van der Waals surface area contributed by atoms with Gasteiger partial charge in [0, 0.05) is 12.7 Å². The van der Waals surface area contributed by atoms with E-state index in [1.54, 1.807) is 43.2 Å². The molecule has 5 aromatic rings. The summed E-state index contributed by atoms with van der Waals surface area (Å²) < 4.78 is 13.4. The first-order chi connectivity index (χ1) is 18.0. The van der Waals surface area contributed by atoms with Crippen molar-refractivity contribution in [1.29, 1.82) is 5.41 Å². The van der Waals surface area contributed by atoms with Crippen molar-refractivity contribution in [2.24, 2.45) is 0 Å². The Hall–Kier alpha value is -4.92. The van der Waals surface area contributed by atoms with Crippen molar-refractivity contribution in [3.8, 4) is 11.5 Å². The second kappa shape index (κ2) is 9.98. The number of rotatable bonds is 7. The van der Waals surface area contributed by atoms with Crippen LogP contribution in [0.1, 0.15) is 21.5 Å². The van der Waals surface area contributed by atoms with E-state index in [0.29, 0.717) is 17.0 Å². The molecule has 3 aromatic heterocycles. The van der Waals surface area contributed by atoms with Crippen LogP contribution in [-0.4, -0.2) is 34.1 Å². The van der Waals surface area contributed by atoms with Crippen LogP contribution in [0.4, 0.5) is 0 Å². The number of nitrogens with zero attached hydrogens (tertiary/aromatic N) is 3. The summed E-state index contributed by atoms with van der Waals surface area (Å²) in [6.07, 6.45) is 1.63. The minimum atomic E-state index is -0.455. The Bertz CT molecular complexity index is 1720. The van der Waals surface area contributed by atoms with Crippen LogP contribution in [0, 0.1) is 5.41 Å². The average Bonchev–Trinajstić information content (AvgIpc) is 2.94. The Kier molecular flexibility index (Phi) is 6.42. The van der Waals surface area contributed by atoms with E-state index >= 15 is 0 Å². The monoisotopic (exact) mass is 495 g/mol. The SMILES string of the molecule is COc1ccc(CNC(=O)c2cc3c(=O)n4ccccc4nc3n(Cc3ccc(OC)cc3)c2=N)cc1. The lowest BCUT2D eigenvalue weighted by Crippen LogP contribution is -2.35. The van der Waals surface area contributed by atoms with E-state index in [2.05, 4.69) is 10.3 Å². The number of amides is 1. The van der Waals surface area contributed by atoms with Gasteiger partial charge in [-0.1, -0.05) is 30.3 Å². The molecule has 0 atom stereocenters. The van der Waals surface area contributed by atoms with Crippen molar-refractivity contribution in [3.05, 3.63) is 112 Å². The summed E-state index contributed by atoms with van der Waals surface area (Å²) in [5.74, 6) is 0.973. The highest BCUT2D eigenvalue weighted by Crippen LogP contribution is 2.16. The van der Waals surface area contributed by atoms with Crippen molar-refractivity contribution in [3.63, 3.8) is 0 Å². The zero-order valence-corrected chi connectivity index (χ0v) is 20.4. The van der Waals surface area contributed by atoms with Gasteiger partial charge < -0.3 is 19.4 Å². The lowest BCUT2D eigenvalue weighted by atomic mass is 10.1. The molecule has 0 bridgehead atoms. The molecule has 5 rings (SSSR count). The smallest absolute Gasteiger partial charge is 0.267 e. The standard InChI is InChI=1S/C28H25N5O4/c1-36-20-10-6-18(7-11-20)16-30-27(34)22-15-23-26(31-24-5-3-4-14-32(24)28(23)35)33(25(22)29)17-19-8-12-21(37-2)13-9-19/h3-15,29H,16-17H2,1-2H3,(H,30,34). The van der Waals surface area contributed by atoms with Gasteiger partial charge in [-0.2, -0.15) is 0 Å². The minimum absolute atomic E-state index is 0.0391. The molecule has 9 nitrogen and oxygen atoms in total. The van der Waals surface area contributed by atoms with Crippen molar-refractivity contribution in [2.45, 2.75) is 13.1 Å². The molecule has 0 radical (unpaired) electrons. The maximum Gasteiger partial charge on any atom is 0.267 e. The molecule has 0 saturated carbocycles. The summed E-state index contributed by atoms with van der Waals surface area (Å²) >= 11 is 0. The van der Waals surface area contributed by atoms with E-state index < -0.39 is 5.91 Å². The number of hydrogen-bond acceptors (Lipinski definition) is 6. The molecule has 37 heavy (non-hydrogen) atoms. The maximum absolute atomic E-state index is 13.4. The highest BCUT2D eigenvalue weighted by molar-refractivity contribution is 5.96. The van der Waals surface area contributed by atoms with Gasteiger partial charge in [-0.15, -0.1) is 0 Å². The fourth-order valence-electron chi connectivity index (χ4n) is 4.15. The summed E-state index contributed by atoms with van der Waals surface area (Å²) in [5, 5.41) is 12.0. The number of carbonyl (C=O) groups excluding carboxylic acids is 1. The van der Waals surface area contributed by atoms with Crippen LogP contribution >= 0.6 is 0 Å². The van der Waals surface area contributed by atoms with E-state index in [-0.39, 0.29) is 35.1 Å². The molecule has 1 amide bonds. The first-order valence-corrected chi connectivity index (χ1v) is 11.6. The van der Waals surface area contributed by atoms with Gasteiger partial charge >= 0.3 is 0 Å². The molecule has 0 spiro atoms. The zero-order chi connectivity index (χ0) is 25.9. The summed E-state index contributed by atoms with van der Waals surface area (Å²) in [7, 11) is 3.18. The number of fused-ring (bicyclic) bond motifs is 2. The van der Waals surface area contributed by atoms with Crippen LogP contribution in [0.15, 0.2) is 83.8 Å². The van der Waals surface area contributed by atoms with Gasteiger partial charge in [-0.05, 0) is 53.6 Å². The van der Waals surface area contributed by atoms with E-state index in [0.717, 1.165) is 16.9 Å². The molecule has 3 heterocycles. The van der Waals surface area contributed by atoms with Crippen molar-refractivity contribution in [1.82, 2.24) is 19.3 Å². The Balaban J connectivity index is 1.60. The number of hydrogen-bond donors (Lipinski definition) is 2. The predicted octanol–water partition coefficient (Wildman–Crippen LogP) is 3.12. The van der Waals surface area contributed by atoms with Crippen LogP contribution in [0.3, 0.4) is 0 Å². The Labute approximate surface area is 212 Å². The van der Waals surface area contributed by atoms with Crippen molar-refractivity contribution >= 4 is 22.6 Å². The van der Waals surface area contributed by atoms with Crippen molar-refractivity contribution in [2.75, 3.05) is 14.2 Å². The molecule has 0 unspecified atom stereocenters. The lowest BCUT2D eigenvalue weighted by molar-refractivity contribution is 0.0948. The normalized spacial score (nSPS) is 11.0. The van der Waals surface area contributed by atoms with Crippen LogP contribution < -0.4 is 25.8 Å². The molecule has 0 saturated heterocycles. The molecule has 2 N–H and O–H groups in total. The molecule has 2 aromatic carbocycles. The highest BCUT2D eigenvalue weighted by Gasteiger charge is 2.18. The van der Waals surface area contributed by atoms with E-state index in [1.165, 1.54) is 10.5 Å². The molecule has 0 aliphatic carbocycles. The second-order valence-corrected chi connectivity index (χ2v) is 8.45. The topological polar surface area (TPSA) is 111 Å². The number of nitrogens with one attached hydrogen (secondary N) is 2. The fraction of sp³-hybridized carbons (Fsp3) is 0.143. The van der Waals surface area contributed by atoms with Gasteiger partial charge in [-0.25, -0.2) is 4.98 Å². The third-order valence-electron chi connectivity index (χ3n) is 6.17. The number of aromatic nitrogens is 3. The molecular formula is C28H25N5O4. The van der Waals surface area contributed by atoms with Crippen LogP contribution in [-0.2, 0) is 13.1 Å². The fourth-order valence-corrected chi connectivity index (χ4v) is 4.15. The minimum Gasteiger partial charge on any atom is -0.497 e. The average molecular weight is 496 g/mol. The number of methoxy groups -OCH3 is 2. The molecule has 186 valence electrons. The summed E-state index contributed by atoms with van der Waals surface area (Å²) in [5.41, 5.74) is 2.27. The number of benzene rings is 2. The first-order valence-electron chi connectivity index (χ1n) is 11.6. The third kappa shape index (κ3) is 4.66. The number of carbonyl (C=O) groups is 1. The Morgan fingerprint density at radius 1 is 0.946 bits per heavy atom. The number of ether oxygens (including phenoxy) is 2. The van der Waals surface area contributed by atoms with E-state index in [4.69, 9.17) is 14.9 Å². The van der Waals surface area contributed by atoms with E-state index in [1.807, 2.05) is 48.5 Å². The molecule has 0 aliphatic rings. The van der Waals surface area contributed by atoms with Gasteiger partial charge in [0.2, 0.25) is 0 Å². The largest absolute Gasteiger partial charge is 0.497 e. The van der Waals surface area contributed by atoms with Gasteiger partial charge in [0.05, 0.1) is 31.7 Å². The second-order valence-electron chi connectivity index (χ2n) is 8.45. The molecule has 0 fully saturated rings. The van der Waals surface area contributed by atoms with Gasteiger partial charge in [0.1, 0.15) is 28.3 Å². The predicted molar refractivity (Wildman–Crippen MR) is 139 cm³/mol. The van der Waals surface area contributed by atoms with Gasteiger partial charge in [0.25, 0.3) is 11.5 Å². The maximum atomic E-state index is 13.4. The van der Waals surface area contributed by atoms with Crippen LogP contribution in [0.5, 0.6) is 11.5 Å². The molecule has 0 aliphatic heterocycles. The Morgan fingerprint density at radius 2 is 1.59 bits per heavy atom. The summed E-state index contributed by atoms with van der Waals surface area (Å²) in [6.45, 7) is 0.502. The third-order valence-corrected chi connectivity index (χ3v) is 6.17. The molecule has 9 heteroatoms. The van der Waals surface area contributed by atoms with E-state index in [9.17, 15) is 9.59 Å². The quantitative estimate of drug-likeness (QED) is 0.337. The first kappa shape index (κ1) is 23.8. The highest BCUT2D eigenvalue weighted by atomic mass is 16.5. The number of pyridine rings is 2. The Morgan fingerprint density at radius 3 is 2.24 bits per heavy atom. The zero-order valence-electron chi connectivity index (χ0n) is 20.4. The lowest BCUT2D eigenvalue weighted by Gasteiger charge is -2.15. The van der Waals surface area contributed by atoms with Gasteiger partial charge in [0.15, 0.2) is 0 Å². The van der Waals surface area contributed by atoms with Gasteiger partial charge in [-0.3, -0.25) is 19.4 Å². The van der Waals surface area contributed by atoms with Crippen LogP contribution in [0.25, 0.3) is 16.7 Å². The van der Waals surface area contributed by atoms with Crippen LogP contribution in [0.2, 0.25) is 0 Å². The summed E-state index contributed by atoms with van der Waals surface area (Å²) in [4.78, 5) is 31.3. The summed E-state index contributed by atoms with van der Waals surface area (Å²) in [6, 6.07) is 21.5. The van der Waals surface area contributed by atoms with Crippen molar-refractivity contribution < 1.29 is 14.3 Å².